The molecule has 0 saturated carbocycles. The molecule has 0 radical (unpaired) electrons. The number of fused-ring (bicyclic) bond motifs is 1. The first-order valence-electron chi connectivity index (χ1n) is 11.3. The number of hydrogen-bond acceptors (Lipinski definition) is 8. The van der Waals surface area contributed by atoms with Gasteiger partial charge in [-0.15, -0.1) is 0 Å². The summed E-state index contributed by atoms with van der Waals surface area (Å²) in [4.78, 5) is 41.7. The SMILES string of the molecule is COc1cnc(Cl)cc1-c1cc(C)ncc1C(=O)Nc1nc2c(s1)CN(C(=O)[C@H]1CCCCO1)C2. The number of aromatic nitrogens is 3. The fourth-order valence-electron chi connectivity index (χ4n) is 4.31. The molecule has 0 aliphatic carbocycles. The summed E-state index contributed by atoms with van der Waals surface area (Å²) < 4.78 is 11.1. The van der Waals surface area contributed by atoms with Gasteiger partial charge < -0.3 is 14.4 Å². The third kappa shape index (κ3) is 4.86. The fraction of sp³-hybridized carbons (Fsp3) is 0.375. The molecule has 3 aromatic heterocycles. The monoisotopic (exact) mass is 513 g/mol. The van der Waals surface area contributed by atoms with E-state index in [1.165, 1.54) is 30.8 Å². The van der Waals surface area contributed by atoms with E-state index in [1.807, 2.05) is 13.0 Å². The zero-order chi connectivity index (χ0) is 24.5. The van der Waals surface area contributed by atoms with Gasteiger partial charge in [0.25, 0.3) is 11.8 Å². The normalized spacial score (nSPS) is 17.2. The Morgan fingerprint density at radius 1 is 1.20 bits per heavy atom. The Hall–Kier alpha value is -3.08. The standard InChI is InChI=1S/C24H24ClN5O4S/c1-13-7-14(15-8-21(25)27-10-19(15)33-2)16(9-26-13)22(31)29-24-28-17-11-30(12-20(17)35-24)23(32)18-5-3-4-6-34-18/h7-10,18H,3-6,11-12H2,1-2H3,(H,28,29,31)/t18-/m1/s1. The summed E-state index contributed by atoms with van der Waals surface area (Å²) in [5.41, 5.74) is 3.18. The van der Waals surface area contributed by atoms with Gasteiger partial charge in [0.15, 0.2) is 5.13 Å². The molecule has 35 heavy (non-hydrogen) atoms. The Morgan fingerprint density at radius 2 is 2.06 bits per heavy atom. The average molecular weight is 514 g/mol. The number of methoxy groups -OCH3 is 1. The van der Waals surface area contributed by atoms with E-state index in [1.54, 1.807) is 11.0 Å². The number of anilines is 1. The summed E-state index contributed by atoms with van der Waals surface area (Å²) in [6.07, 6.45) is 5.46. The van der Waals surface area contributed by atoms with Crippen molar-refractivity contribution in [2.45, 2.75) is 45.4 Å². The first-order chi connectivity index (χ1) is 16.9. The Balaban J connectivity index is 1.34. The number of ether oxygens (including phenoxy) is 2. The van der Waals surface area contributed by atoms with E-state index in [0.717, 1.165) is 35.5 Å². The highest BCUT2D eigenvalue weighted by molar-refractivity contribution is 7.16. The molecule has 1 N–H and O–H groups in total. The van der Waals surface area contributed by atoms with Gasteiger partial charge in [-0.05, 0) is 38.3 Å². The maximum Gasteiger partial charge on any atom is 0.259 e. The van der Waals surface area contributed by atoms with Crippen molar-refractivity contribution in [1.82, 2.24) is 19.9 Å². The van der Waals surface area contributed by atoms with Crippen LogP contribution in [0, 0.1) is 6.92 Å². The van der Waals surface area contributed by atoms with E-state index in [4.69, 9.17) is 21.1 Å². The number of nitrogens with zero attached hydrogens (tertiary/aromatic N) is 4. The minimum absolute atomic E-state index is 0.0146. The molecule has 0 aromatic carbocycles. The molecule has 3 aromatic rings. The number of halogens is 1. The van der Waals surface area contributed by atoms with Crippen LogP contribution in [-0.2, 0) is 22.6 Å². The first-order valence-corrected chi connectivity index (χ1v) is 12.5. The molecular formula is C24H24ClN5O4S. The van der Waals surface area contributed by atoms with Crippen LogP contribution in [-0.4, -0.2) is 51.5 Å². The van der Waals surface area contributed by atoms with Gasteiger partial charge in [0.05, 0.1) is 42.5 Å². The Bertz CT molecular complexity index is 1270. The van der Waals surface area contributed by atoms with E-state index in [2.05, 4.69) is 20.3 Å². The summed E-state index contributed by atoms with van der Waals surface area (Å²) >= 11 is 7.50. The first kappa shape index (κ1) is 23.7. The lowest BCUT2D eigenvalue weighted by atomic mass is 10.0. The van der Waals surface area contributed by atoms with Gasteiger partial charge in [-0.25, -0.2) is 9.97 Å². The van der Waals surface area contributed by atoms with Crippen molar-refractivity contribution in [3.8, 4) is 16.9 Å². The molecule has 2 aliphatic rings. The minimum atomic E-state index is -0.358. The summed E-state index contributed by atoms with van der Waals surface area (Å²) in [7, 11) is 1.54. The van der Waals surface area contributed by atoms with Crippen molar-refractivity contribution in [3.05, 3.63) is 51.5 Å². The quantitative estimate of drug-likeness (QED) is 0.508. The van der Waals surface area contributed by atoms with E-state index < -0.39 is 0 Å². The summed E-state index contributed by atoms with van der Waals surface area (Å²) in [5.74, 6) is 0.160. The molecule has 9 nitrogen and oxygen atoms in total. The molecule has 5 rings (SSSR count). The summed E-state index contributed by atoms with van der Waals surface area (Å²) in [6, 6.07) is 3.47. The second-order valence-corrected chi connectivity index (χ2v) is 9.94. The van der Waals surface area contributed by atoms with Gasteiger partial charge in [-0.3, -0.25) is 19.9 Å². The molecule has 2 amide bonds. The highest BCUT2D eigenvalue weighted by Gasteiger charge is 2.33. The molecule has 0 unspecified atom stereocenters. The van der Waals surface area contributed by atoms with Crippen molar-refractivity contribution < 1.29 is 19.1 Å². The number of rotatable bonds is 5. The lowest BCUT2D eigenvalue weighted by Crippen LogP contribution is -2.39. The highest BCUT2D eigenvalue weighted by atomic mass is 35.5. The van der Waals surface area contributed by atoms with Crippen LogP contribution in [0.1, 0.15) is 45.9 Å². The molecule has 1 atom stereocenters. The number of pyridine rings is 2. The average Bonchev–Trinajstić information content (AvgIpc) is 3.42. The van der Waals surface area contributed by atoms with Crippen molar-refractivity contribution in [1.29, 1.82) is 0 Å². The third-order valence-corrected chi connectivity index (χ3v) is 7.27. The molecular weight excluding hydrogens is 490 g/mol. The number of carbonyl (C=O) groups excluding carboxylic acids is 2. The smallest absolute Gasteiger partial charge is 0.259 e. The topological polar surface area (TPSA) is 107 Å². The Kier molecular flexibility index (Phi) is 6.68. The number of amides is 2. The Labute approximate surface area is 211 Å². The van der Waals surface area contributed by atoms with E-state index in [9.17, 15) is 9.59 Å². The fourth-order valence-corrected chi connectivity index (χ4v) is 5.45. The molecule has 5 heterocycles. The van der Waals surface area contributed by atoms with Crippen molar-refractivity contribution in [2.75, 3.05) is 19.0 Å². The van der Waals surface area contributed by atoms with Crippen LogP contribution in [0.2, 0.25) is 5.15 Å². The van der Waals surface area contributed by atoms with Crippen molar-refractivity contribution in [2.24, 2.45) is 0 Å². The van der Waals surface area contributed by atoms with Gasteiger partial charge in [-0.2, -0.15) is 0 Å². The molecule has 2 aliphatic heterocycles. The zero-order valence-corrected chi connectivity index (χ0v) is 20.9. The van der Waals surface area contributed by atoms with Crippen LogP contribution < -0.4 is 10.1 Å². The lowest BCUT2D eigenvalue weighted by molar-refractivity contribution is -0.147. The second kappa shape index (κ2) is 9.88. The van der Waals surface area contributed by atoms with Crippen LogP contribution in [0.25, 0.3) is 11.1 Å². The summed E-state index contributed by atoms with van der Waals surface area (Å²) in [5, 5.41) is 3.65. The van der Waals surface area contributed by atoms with Gasteiger partial charge in [-0.1, -0.05) is 22.9 Å². The second-order valence-electron chi connectivity index (χ2n) is 8.47. The maximum atomic E-state index is 13.3. The van der Waals surface area contributed by atoms with Crippen LogP contribution in [0.15, 0.2) is 24.5 Å². The van der Waals surface area contributed by atoms with Gasteiger partial charge in [0, 0.05) is 29.6 Å². The number of nitrogens with one attached hydrogen (secondary N) is 1. The number of carbonyl (C=O) groups is 2. The van der Waals surface area contributed by atoms with Crippen LogP contribution in [0.5, 0.6) is 5.75 Å². The Morgan fingerprint density at radius 3 is 2.80 bits per heavy atom. The van der Waals surface area contributed by atoms with E-state index in [0.29, 0.717) is 47.3 Å². The summed E-state index contributed by atoms with van der Waals surface area (Å²) in [6.45, 7) is 3.38. The van der Waals surface area contributed by atoms with Crippen molar-refractivity contribution in [3.63, 3.8) is 0 Å². The predicted molar refractivity (Wildman–Crippen MR) is 132 cm³/mol. The lowest BCUT2D eigenvalue weighted by Gasteiger charge is -2.26. The molecule has 11 heteroatoms. The molecule has 1 saturated heterocycles. The number of aryl methyl sites for hydroxylation is 1. The third-order valence-electron chi connectivity index (χ3n) is 6.07. The highest BCUT2D eigenvalue weighted by Crippen LogP contribution is 2.35. The molecule has 0 bridgehead atoms. The van der Waals surface area contributed by atoms with Crippen LogP contribution in [0.3, 0.4) is 0 Å². The van der Waals surface area contributed by atoms with Gasteiger partial charge >= 0.3 is 0 Å². The number of hydrogen-bond donors (Lipinski definition) is 1. The molecule has 1 fully saturated rings. The zero-order valence-electron chi connectivity index (χ0n) is 19.3. The maximum absolute atomic E-state index is 13.3. The largest absolute Gasteiger partial charge is 0.494 e. The number of thiazole rings is 1. The van der Waals surface area contributed by atoms with Crippen LogP contribution in [0.4, 0.5) is 5.13 Å². The van der Waals surface area contributed by atoms with Crippen molar-refractivity contribution >= 4 is 39.9 Å². The van der Waals surface area contributed by atoms with Gasteiger partial charge in [0.2, 0.25) is 0 Å². The van der Waals surface area contributed by atoms with E-state index in [-0.39, 0.29) is 23.1 Å². The minimum Gasteiger partial charge on any atom is -0.494 e. The van der Waals surface area contributed by atoms with Gasteiger partial charge in [0.1, 0.15) is 17.0 Å². The predicted octanol–water partition coefficient (Wildman–Crippen LogP) is 4.23. The molecule has 182 valence electrons. The van der Waals surface area contributed by atoms with E-state index >= 15 is 0 Å². The molecule has 0 spiro atoms. The van der Waals surface area contributed by atoms with Crippen LogP contribution >= 0.6 is 22.9 Å².